The van der Waals surface area contributed by atoms with Gasteiger partial charge in [0.25, 0.3) is 0 Å². The molecule has 63 heavy (non-hydrogen) atoms. The van der Waals surface area contributed by atoms with Crippen LogP contribution in [0.3, 0.4) is 0 Å². The maximum atomic E-state index is 12.1. The van der Waals surface area contributed by atoms with Crippen molar-refractivity contribution < 1.29 is 37.9 Å². The predicted octanol–water partition coefficient (Wildman–Crippen LogP) is 15.0. The minimum atomic E-state index is -4.44. The molecule has 9 nitrogen and oxygen atoms in total. The molecule has 0 rings (SSSR count). The van der Waals surface area contributed by atoms with Crippen LogP contribution < -0.4 is 5.32 Å². The van der Waals surface area contributed by atoms with Crippen molar-refractivity contribution in [2.45, 2.75) is 225 Å². The number of esters is 1. The Morgan fingerprint density at radius 1 is 0.508 bits per heavy atom. The SMILES string of the molecule is CC/C=C\C/C=C\C/C=C\C/C=C\C/C=C\C/C=C\CCC(=O)OCC(O)COP(=O)(O)OCCNC(=O)CCCCCCCCCCCCCCCCCCCCCCCCC. The Balaban J connectivity index is 3.62. The molecule has 0 spiro atoms. The topological polar surface area (TPSA) is 131 Å². The van der Waals surface area contributed by atoms with Gasteiger partial charge in [0.05, 0.1) is 13.2 Å². The number of phosphoric ester groups is 1. The molecular formula is C53H94NO8P. The van der Waals surface area contributed by atoms with E-state index in [1.165, 1.54) is 128 Å². The van der Waals surface area contributed by atoms with Crippen LogP contribution in [0.5, 0.6) is 0 Å². The van der Waals surface area contributed by atoms with Crippen LogP contribution >= 0.6 is 7.82 Å². The first-order chi connectivity index (χ1) is 30.8. The molecule has 2 atom stereocenters. The van der Waals surface area contributed by atoms with E-state index in [4.69, 9.17) is 13.8 Å². The van der Waals surface area contributed by atoms with E-state index in [1.807, 2.05) is 12.2 Å². The number of allylic oxidation sites excluding steroid dienone is 12. The number of amides is 1. The van der Waals surface area contributed by atoms with Gasteiger partial charge >= 0.3 is 13.8 Å². The summed E-state index contributed by atoms with van der Waals surface area (Å²) in [5, 5.41) is 12.7. The van der Waals surface area contributed by atoms with Gasteiger partial charge < -0.3 is 20.1 Å². The second-order valence-corrected chi connectivity index (χ2v) is 18.2. The van der Waals surface area contributed by atoms with Gasteiger partial charge in [-0.3, -0.25) is 18.6 Å². The third kappa shape index (κ3) is 50.3. The molecule has 0 aliphatic heterocycles. The maximum absolute atomic E-state index is 12.1. The van der Waals surface area contributed by atoms with Crippen molar-refractivity contribution >= 4 is 19.7 Å². The number of ether oxygens (including phenoxy) is 1. The van der Waals surface area contributed by atoms with Crippen LogP contribution in [-0.4, -0.2) is 54.3 Å². The summed E-state index contributed by atoms with van der Waals surface area (Å²) in [5.41, 5.74) is 0. The largest absolute Gasteiger partial charge is 0.472 e. The quantitative estimate of drug-likeness (QED) is 0.0238. The van der Waals surface area contributed by atoms with Crippen LogP contribution in [-0.2, 0) is 27.9 Å². The van der Waals surface area contributed by atoms with Crippen molar-refractivity contribution in [2.75, 3.05) is 26.4 Å². The van der Waals surface area contributed by atoms with E-state index in [9.17, 15) is 24.2 Å². The van der Waals surface area contributed by atoms with Crippen molar-refractivity contribution in [3.8, 4) is 0 Å². The highest BCUT2D eigenvalue weighted by molar-refractivity contribution is 7.47. The van der Waals surface area contributed by atoms with Crippen molar-refractivity contribution in [1.29, 1.82) is 0 Å². The van der Waals surface area contributed by atoms with Crippen molar-refractivity contribution in [3.63, 3.8) is 0 Å². The summed E-state index contributed by atoms with van der Waals surface area (Å²) in [6.07, 6.45) is 61.5. The van der Waals surface area contributed by atoms with E-state index in [0.29, 0.717) is 12.8 Å². The van der Waals surface area contributed by atoms with Crippen LogP contribution in [0, 0.1) is 0 Å². The average Bonchev–Trinajstić information content (AvgIpc) is 3.27. The summed E-state index contributed by atoms with van der Waals surface area (Å²) in [7, 11) is -4.44. The molecule has 0 aromatic carbocycles. The zero-order chi connectivity index (χ0) is 46.0. The first-order valence-corrected chi connectivity index (χ1v) is 26.9. The fourth-order valence-electron chi connectivity index (χ4n) is 6.88. The average molecular weight is 904 g/mol. The fraction of sp³-hybridized carbons (Fsp3) is 0.736. The smallest absolute Gasteiger partial charge is 0.463 e. The Morgan fingerprint density at radius 3 is 1.30 bits per heavy atom. The molecule has 0 heterocycles. The van der Waals surface area contributed by atoms with E-state index in [2.05, 4.69) is 79.9 Å². The van der Waals surface area contributed by atoms with Gasteiger partial charge in [0.15, 0.2) is 0 Å². The first-order valence-electron chi connectivity index (χ1n) is 25.4. The molecule has 364 valence electrons. The minimum absolute atomic E-state index is 0.0725. The van der Waals surface area contributed by atoms with Crippen LogP contribution in [0.25, 0.3) is 0 Å². The fourth-order valence-corrected chi connectivity index (χ4v) is 7.64. The Kier molecular flexibility index (Phi) is 46.9. The highest BCUT2D eigenvalue weighted by Crippen LogP contribution is 2.42. The lowest BCUT2D eigenvalue weighted by molar-refractivity contribution is -0.147. The zero-order valence-electron chi connectivity index (χ0n) is 40.3. The molecule has 0 fully saturated rings. The molecule has 2 unspecified atom stereocenters. The number of nitrogens with one attached hydrogen (secondary N) is 1. The Hall–Kier alpha value is -2.55. The summed E-state index contributed by atoms with van der Waals surface area (Å²) in [6.45, 7) is 3.38. The van der Waals surface area contributed by atoms with Gasteiger partial charge in [0, 0.05) is 19.4 Å². The van der Waals surface area contributed by atoms with Gasteiger partial charge in [-0.25, -0.2) is 4.57 Å². The van der Waals surface area contributed by atoms with Crippen molar-refractivity contribution in [2.24, 2.45) is 0 Å². The monoisotopic (exact) mass is 904 g/mol. The molecule has 0 saturated heterocycles. The number of aliphatic hydroxyl groups is 1. The van der Waals surface area contributed by atoms with Crippen LogP contribution in [0.2, 0.25) is 0 Å². The molecule has 0 saturated carbocycles. The van der Waals surface area contributed by atoms with Crippen LogP contribution in [0.1, 0.15) is 219 Å². The molecule has 0 aliphatic rings. The lowest BCUT2D eigenvalue weighted by Crippen LogP contribution is -2.27. The summed E-state index contributed by atoms with van der Waals surface area (Å²) in [6, 6.07) is 0. The van der Waals surface area contributed by atoms with Crippen LogP contribution in [0.15, 0.2) is 72.9 Å². The highest BCUT2D eigenvalue weighted by atomic mass is 31.2. The van der Waals surface area contributed by atoms with E-state index in [0.717, 1.165) is 57.8 Å². The second-order valence-electron chi connectivity index (χ2n) is 16.8. The van der Waals surface area contributed by atoms with Gasteiger partial charge in [-0.2, -0.15) is 0 Å². The normalized spacial score (nSPS) is 13.8. The summed E-state index contributed by atoms with van der Waals surface area (Å²) < 4.78 is 26.9. The van der Waals surface area contributed by atoms with E-state index in [-0.39, 0.29) is 32.1 Å². The third-order valence-electron chi connectivity index (χ3n) is 10.7. The number of hydrogen-bond donors (Lipinski definition) is 3. The summed E-state index contributed by atoms with van der Waals surface area (Å²) in [5.74, 6) is -0.600. The Bertz CT molecular complexity index is 1260. The lowest BCUT2D eigenvalue weighted by atomic mass is 10.0. The van der Waals surface area contributed by atoms with Gasteiger partial charge in [-0.05, 0) is 51.4 Å². The number of hydrogen-bond acceptors (Lipinski definition) is 7. The molecule has 10 heteroatoms. The second kappa shape index (κ2) is 48.9. The molecule has 0 bridgehead atoms. The zero-order valence-corrected chi connectivity index (χ0v) is 41.1. The lowest BCUT2D eigenvalue weighted by Gasteiger charge is -2.15. The van der Waals surface area contributed by atoms with Crippen molar-refractivity contribution in [3.05, 3.63) is 72.9 Å². The van der Waals surface area contributed by atoms with E-state index in [1.54, 1.807) is 0 Å². The third-order valence-corrected chi connectivity index (χ3v) is 11.6. The molecule has 0 aromatic rings. The summed E-state index contributed by atoms with van der Waals surface area (Å²) in [4.78, 5) is 34.0. The number of aliphatic hydroxyl groups excluding tert-OH is 1. The van der Waals surface area contributed by atoms with E-state index < -0.39 is 26.5 Å². The molecule has 0 aliphatic carbocycles. The van der Waals surface area contributed by atoms with Crippen molar-refractivity contribution in [1.82, 2.24) is 5.32 Å². The molecular weight excluding hydrogens is 810 g/mol. The highest BCUT2D eigenvalue weighted by Gasteiger charge is 2.23. The Labute approximate surface area is 386 Å². The van der Waals surface area contributed by atoms with E-state index >= 15 is 0 Å². The van der Waals surface area contributed by atoms with Crippen LogP contribution in [0.4, 0.5) is 0 Å². The molecule has 0 aromatic heterocycles. The standard InChI is InChI=1S/C53H94NO8P/c1-3-5-7-9-11-13-15-17-19-21-23-24-25-26-28-29-31-33-35-37-39-41-43-45-52(56)54-47-48-61-63(58,59)62-50-51(55)49-60-53(57)46-44-42-40-38-36-34-32-30-27-22-20-18-16-14-12-10-8-6-4-2/h6,8,12,14,18,20,27,30,34,36,40,42,51,55H,3-5,7,9-11,13,15-17,19,21-26,28-29,31-33,35,37-39,41,43-50H2,1-2H3,(H,54,56)(H,58,59)/b8-6-,14-12-,20-18-,30-27-,36-34-,42-40-. The molecule has 1 amide bonds. The Morgan fingerprint density at radius 2 is 0.889 bits per heavy atom. The number of carbonyl (C=O) groups excluding carboxylic acids is 2. The van der Waals surface area contributed by atoms with Gasteiger partial charge in [0.1, 0.15) is 12.7 Å². The van der Waals surface area contributed by atoms with Gasteiger partial charge in [-0.1, -0.05) is 228 Å². The number of rotatable bonds is 47. The van der Waals surface area contributed by atoms with Gasteiger partial charge in [-0.15, -0.1) is 0 Å². The minimum Gasteiger partial charge on any atom is -0.463 e. The predicted molar refractivity (Wildman–Crippen MR) is 266 cm³/mol. The number of unbranched alkanes of at least 4 members (excludes halogenated alkanes) is 22. The molecule has 0 radical (unpaired) electrons. The molecule has 3 N–H and O–H groups in total. The summed E-state index contributed by atoms with van der Waals surface area (Å²) >= 11 is 0. The number of carbonyl (C=O) groups is 2. The first kappa shape index (κ1) is 60.5. The number of phosphoric acid groups is 1. The van der Waals surface area contributed by atoms with Gasteiger partial charge in [0.2, 0.25) is 5.91 Å². The maximum Gasteiger partial charge on any atom is 0.472 e.